The molecule has 1 fully saturated rings. The highest BCUT2D eigenvalue weighted by atomic mass is 16.6. The Hall–Kier alpha value is -3.71. The second kappa shape index (κ2) is 33.0. The Morgan fingerprint density at radius 3 is 1.43 bits per heavy atom. The molecule has 0 bridgehead atoms. The van der Waals surface area contributed by atoms with Crippen molar-refractivity contribution in [3.63, 3.8) is 0 Å². The van der Waals surface area contributed by atoms with Crippen molar-refractivity contribution in [2.45, 2.75) is 18.9 Å². The molecule has 2 aliphatic rings. The minimum absolute atomic E-state index is 0.00938. The fourth-order valence-electron chi connectivity index (χ4n) is 5.45. The maximum atomic E-state index is 13.1. The molecule has 2 heterocycles. The first-order valence-corrected chi connectivity index (χ1v) is 20.2. The van der Waals surface area contributed by atoms with E-state index in [9.17, 15) is 24.0 Å². The van der Waals surface area contributed by atoms with Crippen molar-refractivity contribution in [2.75, 3.05) is 165 Å². The van der Waals surface area contributed by atoms with Crippen LogP contribution in [0.5, 0.6) is 5.75 Å². The van der Waals surface area contributed by atoms with Crippen molar-refractivity contribution >= 4 is 29.5 Å². The van der Waals surface area contributed by atoms with Crippen LogP contribution in [0.3, 0.4) is 0 Å². The van der Waals surface area contributed by atoms with E-state index in [-0.39, 0.29) is 42.9 Å². The number of nitrogens with one attached hydrogen (secondary N) is 2. The number of hydrogen-bond acceptors (Lipinski definition) is 18. The minimum Gasteiger partial charge on any atom is -0.483 e. The number of fused-ring (bicyclic) bond motifs is 1. The molecule has 2 aliphatic heterocycles. The molecule has 0 spiro atoms. The van der Waals surface area contributed by atoms with E-state index < -0.39 is 42.2 Å². The molecule has 1 saturated heterocycles. The summed E-state index contributed by atoms with van der Waals surface area (Å²) in [6.45, 7) is 10.2. The molecule has 21 nitrogen and oxygen atoms in total. The van der Waals surface area contributed by atoms with Crippen molar-refractivity contribution in [3.8, 4) is 5.75 Å². The Kier molecular flexibility index (Phi) is 27.8. The lowest BCUT2D eigenvalue weighted by molar-refractivity contribution is -0.136. The molecule has 0 saturated carbocycles. The second-order valence-electron chi connectivity index (χ2n) is 12.8. The van der Waals surface area contributed by atoms with Crippen LogP contribution in [0.2, 0.25) is 0 Å². The third-order valence-electron chi connectivity index (χ3n) is 8.34. The lowest BCUT2D eigenvalue weighted by Gasteiger charge is -2.27. The van der Waals surface area contributed by atoms with Crippen molar-refractivity contribution < 1.29 is 80.8 Å². The average Bonchev–Trinajstić information content (AvgIpc) is 3.50. The average molecular weight is 859 g/mol. The number of carbonyl (C=O) groups is 5. The van der Waals surface area contributed by atoms with E-state index in [0.717, 1.165) is 4.90 Å². The minimum atomic E-state index is -1.10. The largest absolute Gasteiger partial charge is 0.483 e. The zero-order chi connectivity index (χ0) is 42.9. The van der Waals surface area contributed by atoms with Crippen molar-refractivity contribution in [1.82, 2.24) is 15.5 Å². The smallest absolute Gasteiger partial charge is 0.266 e. The van der Waals surface area contributed by atoms with Gasteiger partial charge in [-0.1, -0.05) is 6.07 Å². The van der Waals surface area contributed by atoms with E-state index in [2.05, 4.69) is 10.6 Å². The molecule has 340 valence electrons. The number of ether oxygens (including phenoxy) is 12. The van der Waals surface area contributed by atoms with E-state index in [1.165, 1.54) is 18.2 Å². The van der Waals surface area contributed by atoms with Gasteiger partial charge in [0.1, 0.15) is 11.8 Å². The standard InChI is InChI=1S/C39H62N4O17/c40-6-8-49-10-12-51-14-16-53-18-20-55-22-24-57-26-28-59-29-27-58-25-23-56-21-19-54-17-15-52-13-11-50-9-7-41-35(45)30-60-33-3-1-2-31-36(33)39(48)43(38(31)47)32-4-5-34(44)42-37(32)46/h1-3,32H,4-30,40H2,(H,41,45)(H,42,44,46). The fourth-order valence-corrected chi connectivity index (χ4v) is 5.45. The number of nitrogens with zero attached hydrogens (tertiary/aromatic N) is 1. The molecule has 1 atom stereocenters. The van der Waals surface area contributed by atoms with E-state index in [0.29, 0.717) is 145 Å². The highest BCUT2D eigenvalue weighted by Gasteiger charge is 2.46. The number of rotatable bonds is 39. The van der Waals surface area contributed by atoms with Crippen LogP contribution in [0, 0.1) is 0 Å². The zero-order valence-corrected chi connectivity index (χ0v) is 34.4. The predicted octanol–water partition coefficient (Wildman–Crippen LogP) is -1.28. The van der Waals surface area contributed by atoms with Crippen molar-refractivity contribution in [1.29, 1.82) is 0 Å². The number of carbonyl (C=O) groups excluding carboxylic acids is 5. The van der Waals surface area contributed by atoms with Gasteiger partial charge in [0.25, 0.3) is 17.7 Å². The quantitative estimate of drug-likeness (QED) is 0.0516. The highest BCUT2D eigenvalue weighted by molar-refractivity contribution is 6.24. The van der Waals surface area contributed by atoms with Crippen LogP contribution in [0.4, 0.5) is 0 Å². The molecule has 5 amide bonds. The molecular weight excluding hydrogens is 796 g/mol. The number of hydrogen-bond donors (Lipinski definition) is 3. The van der Waals surface area contributed by atoms with Crippen LogP contribution >= 0.6 is 0 Å². The van der Waals surface area contributed by atoms with Crippen LogP contribution in [0.25, 0.3) is 0 Å². The lowest BCUT2D eigenvalue weighted by atomic mass is 10.0. The van der Waals surface area contributed by atoms with Crippen molar-refractivity contribution in [2.24, 2.45) is 5.73 Å². The summed E-state index contributed by atoms with van der Waals surface area (Å²) in [7, 11) is 0. The maximum absolute atomic E-state index is 13.1. The molecule has 3 rings (SSSR count). The van der Waals surface area contributed by atoms with E-state index in [1.807, 2.05) is 0 Å². The Bertz CT molecular complexity index is 1390. The van der Waals surface area contributed by atoms with E-state index in [1.54, 1.807) is 0 Å². The van der Waals surface area contributed by atoms with Crippen molar-refractivity contribution in [3.05, 3.63) is 29.3 Å². The maximum Gasteiger partial charge on any atom is 0.266 e. The normalized spacial score (nSPS) is 15.2. The summed E-state index contributed by atoms with van der Waals surface area (Å²) in [6.07, 6.45) is 0.0436. The fraction of sp³-hybridized carbons (Fsp3) is 0.718. The van der Waals surface area contributed by atoms with Crippen LogP contribution in [0.15, 0.2) is 18.2 Å². The zero-order valence-electron chi connectivity index (χ0n) is 34.4. The Labute approximate surface area is 350 Å². The molecule has 1 aromatic rings. The monoisotopic (exact) mass is 858 g/mol. The van der Waals surface area contributed by atoms with Gasteiger partial charge in [0.2, 0.25) is 11.8 Å². The molecule has 21 heteroatoms. The van der Waals surface area contributed by atoms with Crippen LogP contribution in [0.1, 0.15) is 33.6 Å². The van der Waals surface area contributed by atoms with Gasteiger partial charge in [0.15, 0.2) is 6.61 Å². The molecule has 4 N–H and O–H groups in total. The molecule has 1 aromatic carbocycles. The summed E-state index contributed by atoms with van der Waals surface area (Å²) in [5.41, 5.74) is 5.37. The molecule has 0 aliphatic carbocycles. The topological polar surface area (TPSA) is 249 Å². The van der Waals surface area contributed by atoms with Gasteiger partial charge in [0, 0.05) is 19.5 Å². The van der Waals surface area contributed by atoms with Gasteiger partial charge in [-0.3, -0.25) is 34.2 Å². The predicted molar refractivity (Wildman–Crippen MR) is 210 cm³/mol. The Morgan fingerprint density at radius 2 is 1.02 bits per heavy atom. The number of piperidine rings is 1. The molecule has 1 unspecified atom stereocenters. The summed E-state index contributed by atoms with van der Waals surface area (Å²) < 4.78 is 65.3. The first-order chi connectivity index (χ1) is 29.4. The van der Waals surface area contributed by atoms with E-state index >= 15 is 0 Å². The molecule has 0 aromatic heterocycles. The summed E-state index contributed by atoms with van der Waals surface area (Å²) in [5, 5.41) is 4.80. The van der Waals surface area contributed by atoms with Gasteiger partial charge in [0.05, 0.1) is 156 Å². The lowest BCUT2D eigenvalue weighted by Crippen LogP contribution is -2.54. The third kappa shape index (κ3) is 21.2. The number of imide groups is 2. The molecule has 0 radical (unpaired) electrons. The van der Waals surface area contributed by atoms with Gasteiger partial charge >= 0.3 is 0 Å². The SMILES string of the molecule is NCCOCCOCCOCCOCCOCCOCCOCCOCCOCCOCCOCCNC(=O)COc1cccc2c1C(=O)N(C1CCC(=O)NC1=O)C2=O. The number of amides is 5. The van der Waals surface area contributed by atoms with Gasteiger partial charge < -0.3 is 67.9 Å². The second-order valence-corrected chi connectivity index (χ2v) is 12.8. The Balaban J connectivity index is 1.00. The van der Waals surface area contributed by atoms with Crippen LogP contribution in [-0.4, -0.2) is 206 Å². The third-order valence-corrected chi connectivity index (χ3v) is 8.34. The summed E-state index contributed by atoms with van der Waals surface area (Å²) in [6, 6.07) is 3.33. The van der Waals surface area contributed by atoms with Gasteiger partial charge in [-0.05, 0) is 18.6 Å². The van der Waals surface area contributed by atoms with E-state index in [4.69, 9.17) is 62.6 Å². The van der Waals surface area contributed by atoms with Gasteiger partial charge in [-0.25, -0.2) is 0 Å². The van der Waals surface area contributed by atoms with Crippen LogP contribution in [-0.2, 0) is 66.5 Å². The van der Waals surface area contributed by atoms with Gasteiger partial charge in [-0.15, -0.1) is 0 Å². The van der Waals surface area contributed by atoms with Gasteiger partial charge in [-0.2, -0.15) is 0 Å². The highest BCUT2D eigenvalue weighted by Crippen LogP contribution is 2.33. The number of benzene rings is 1. The number of nitrogens with two attached hydrogens (primary N) is 1. The summed E-state index contributed by atoms with van der Waals surface area (Å²) in [4.78, 5) is 63.0. The van der Waals surface area contributed by atoms with Crippen LogP contribution < -0.4 is 21.1 Å². The summed E-state index contributed by atoms with van der Waals surface area (Å²) in [5.74, 6) is -2.97. The molecular formula is C39H62N4O17. The Morgan fingerprint density at radius 1 is 0.600 bits per heavy atom. The first kappa shape index (κ1) is 50.6. The summed E-state index contributed by atoms with van der Waals surface area (Å²) >= 11 is 0. The molecule has 60 heavy (non-hydrogen) atoms. The first-order valence-electron chi connectivity index (χ1n) is 20.2.